The summed E-state index contributed by atoms with van der Waals surface area (Å²) in [7, 11) is 0. The van der Waals surface area contributed by atoms with Crippen molar-refractivity contribution in [1.29, 1.82) is 0 Å². The van der Waals surface area contributed by atoms with E-state index in [0.717, 1.165) is 0 Å². The van der Waals surface area contributed by atoms with Crippen LogP contribution in [0.15, 0.2) is 23.3 Å². The van der Waals surface area contributed by atoms with Gasteiger partial charge in [-0.25, -0.2) is 0 Å². The first-order valence-corrected chi connectivity index (χ1v) is 4.90. The topological polar surface area (TPSA) is 3.24 Å². The first-order chi connectivity index (χ1) is 5.79. The Bertz CT molecular complexity index is 237. The minimum absolute atomic E-state index is 0.633. The van der Waals surface area contributed by atoms with Crippen LogP contribution in [0, 0.1) is 0 Å². The van der Waals surface area contributed by atoms with Gasteiger partial charge in [0.05, 0.1) is 0 Å². The smallest absolute Gasteiger partial charge is 0.0470 e. The molecule has 0 aromatic carbocycles. The molecule has 2 rings (SSSR count). The molecule has 0 N–H and O–H groups in total. The van der Waals surface area contributed by atoms with Crippen molar-refractivity contribution in [3.63, 3.8) is 0 Å². The minimum atomic E-state index is 0.633. The van der Waals surface area contributed by atoms with Gasteiger partial charge < -0.3 is 0 Å². The average Bonchev–Trinajstić information content (AvgIpc) is 2.46. The highest BCUT2D eigenvalue weighted by Gasteiger charge is 2.24. The third-order valence-electron chi connectivity index (χ3n) is 2.94. The predicted molar refractivity (Wildman–Crippen MR) is 52.1 cm³/mol. The van der Waals surface area contributed by atoms with E-state index in [4.69, 9.17) is 0 Å². The van der Waals surface area contributed by atoms with E-state index in [1.165, 1.54) is 25.9 Å². The van der Waals surface area contributed by atoms with Crippen LogP contribution in [0.4, 0.5) is 0 Å². The van der Waals surface area contributed by atoms with Crippen molar-refractivity contribution < 1.29 is 0 Å². The van der Waals surface area contributed by atoms with E-state index in [1.54, 1.807) is 11.1 Å². The molecule has 0 aromatic rings. The van der Waals surface area contributed by atoms with Gasteiger partial charge in [-0.05, 0) is 19.8 Å². The average molecular weight is 163 g/mol. The molecule has 66 valence electrons. The lowest BCUT2D eigenvalue weighted by atomic mass is 10.1. The Morgan fingerprint density at radius 2 is 2.33 bits per heavy atom. The quantitative estimate of drug-likeness (QED) is 0.536. The van der Waals surface area contributed by atoms with Gasteiger partial charge in [-0.1, -0.05) is 30.2 Å². The van der Waals surface area contributed by atoms with E-state index in [1.807, 2.05) is 0 Å². The molecule has 2 aliphatic heterocycles. The molecule has 1 heteroatoms. The van der Waals surface area contributed by atoms with Gasteiger partial charge in [0, 0.05) is 19.1 Å². The van der Waals surface area contributed by atoms with Gasteiger partial charge in [-0.2, -0.15) is 0 Å². The zero-order valence-corrected chi connectivity index (χ0v) is 8.01. The van der Waals surface area contributed by atoms with Gasteiger partial charge in [-0.15, -0.1) is 0 Å². The molecule has 12 heavy (non-hydrogen) atoms. The second-order valence-corrected chi connectivity index (χ2v) is 3.90. The summed E-state index contributed by atoms with van der Waals surface area (Å²) in [4.78, 5) is 2.56. The summed E-state index contributed by atoms with van der Waals surface area (Å²) in [6.07, 6.45) is 7.33. The van der Waals surface area contributed by atoms with Crippen molar-refractivity contribution in [2.24, 2.45) is 0 Å². The predicted octanol–water partition coefficient (Wildman–Crippen LogP) is 2.36. The van der Waals surface area contributed by atoms with Crippen molar-refractivity contribution in [2.75, 3.05) is 13.1 Å². The summed E-state index contributed by atoms with van der Waals surface area (Å²) in [6.45, 7) is 6.97. The molecule has 2 heterocycles. The van der Waals surface area contributed by atoms with Gasteiger partial charge in [0.15, 0.2) is 0 Å². The lowest BCUT2D eigenvalue weighted by Crippen LogP contribution is -2.33. The van der Waals surface area contributed by atoms with E-state index < -0.39 is 0 Å². The van der Waals surface area contributed by atoms with Crippen LogP contribution in [0.5, 0.6) is 0 Å². The van der Waals surface area contributed by atoms with Crippen LogP contribution >= 0.6 is 0 Å². The Morgan fingerprint density at radius 3 is 3.08 bits per heavy atom. The van der Waals surface area contributed by atoms with Crippen molar-refractivity contribution in [1.82, 2.24) is 4.90 Å². The van der Waals surface area contributed by atoms with E-state index in [0.29, 0.717) is 6.04 Å². The van der Waals surface area contributed by atoms with E-state index in [2.05, 4.69) is 30.9 Å². The Balaban J connectivity index is 2.14. The second-order valence-electron chi connectivity index (χ2n) is 3.90. The fraction of sp³-hybridized carbons (Fsp3) is 0.636. The fourth-order valence-electron chi connectivity index (χ4n) is 2.07. The van der Waals surface area contributed by atoms with Crippen LogP contribution in [-0.4, -0.2) is 24.0 Å². The molecule has 1 atom stereocenters. The molecule has 2 aliphatic rings. The number of rotatable bonds is 1. The molecular formula is C11H17N. The van der Waals surface area contributed by atoms with Crippen molar-refractivity contribution in [2.45, 2.75) is 32.7 Å². The first kappa shape index (κ1) is 8.06. The van der Waals surface area contributed by atoms with Crippen LogP contribution in [0.2, 0.25) is 0 Å². The van der Waals surface area contributed by atoms with Gasteiger partial charge in [0.1, 0.15) is 0 Å². The summed E-state index contributed by atoms with van der Waals surface area (Å²) >= 11 is 0. The largest absolute Gasteiger partial charge is 0.289 e. The minimum Gasteiger partial charge on any atom is -0.289 e. The highest BCUT2D eigenvalue weighted by atomic mass is 15.2. The first-order valence-electron chi connectivity index (χ1n) is 4.90. The van der Waals surface area contributed by atoms with Crippen LogP contribution < -0.4 is 0 Å². The SMILES string of the molecule is CCC1=CC2C=C(C)CCN2C1. The van der Waals surface area contributed by atoms with E-state index in [-0.39, 0.29) is 0 Å². The summed E-state index contributed by atoms with van der Waals surface area (Å²) < 4.78 is 0. The van der Waals surface area contributed by atoms with Crippen LogP contribution in [0.1, 0.15) is 26.7 Å². The third-order valence-corrected chi connectivity index (χ3v) is 2.94. The maximum Gasteiger partial charge on any atom is 0.0470 e. The summed E-state index contributed by atoms with van der Waals surface area (Å²) in [5, 5.41) is 0. The Morgan fingerprint density at radius 1 is 1.50 bits per heavy atom. The molecule has 0 saturated heterocycles. The third kappa shape index (κ3) is 1.34. The number of hydrogen-bond acceptors (Lipinski definition) is 1. The summed E-state index contributed by atoms with van der Waals surface area (Å²) in [5.74, 6) is 0. The van der Waals surface area contributed by atoms with E-state index >= 15 is 0 Å². The van der Waals surface area contributed by atoms with Gasteiger partial charge in [0.2, 0.25) is 0 Å². The Labute approximate surface area is 74.8 Å². The zero-order chi connectivity index (χ0) is 8.55. The molecule has 0 spiro atoms. The fourth-order valence-corrected chi connectivity index (χ4v) is 2.07. The molecule has 0 saturated carbocycles. The molecule has 1 nitrogen and oxygen atoms in total. The molecule has 0 amide bonds. The normalized spacial score (nSPS) is 29.7. The van der Waals surface area contributed by atoms with Crippen molar-refractivity contribution >= 4 is 0 Å². The molecule has 0 aliphatic carbocycles. The van der Waals surface area contributed by atoms with Crippen LogP contribution in [-0.2, 0) is 0 Å². The number of fused-ring (bicyclic) bond motifs is 1. The Hall–Kier alpha value is -0.560. The van der Waals surface area contributed by atoms with Gasteiger partial charge in [-0.3, -0.25) is 4.90 Å². The lowest BCUT2D eigenvalue weighted by molar-refractivity contribution is 0.291. The van der Waals surface area contributed by atoms with E-state index in [9.17, 15) is 0 Å². The summed E-state index contributed by atoms with van der Waals surface area (Å²) in [5.41, 5.74) is 3.18. The Kier molecular flexibility index (Phi) is 2.05. The van der Waals surface area contributed by atoms with Crippen molar-refractivity contribution in [3.8, 4) is 0 Å². The molecule has 1 unspecified atom stereocenters. The molecule has 0 fully saturated rings. The highest BCUT2D eigenvalue weighted by molar-refractivity contribution is 5.25. The van der Waals surface area contributed by atoms with Crippen LogP contribution in [0.3, 0.4) is 0 Å². The molecule has 0 radical (unpaired) electrons. The molecule has 0 bridgehead atoms. The van der Waals surface area contributed by atoms with Crippen molar-refractivity contribution in [3.05, 3.63) is 23.3 Å². The zero-order valence-electron chi connectivity index (χ0n) is 8.01. The van der Waals surface area contributed by atoms with Gasteiger partial charge in [0.25, 0.3) is 0 Å². The van der Waals surface area contributed by atoms with Gasteiger partial charge >= 0.3 is 0 Å². The summed E-state index contributed by atoms with van der Waals surface area (Å²) in [6, 6.07) is 0.633. The second kappa shape index (κ2) is 3.06. The lowest BCUT2D eigenvalue weighted by Gasteiger charge is -2.27. The molecular weight excluding hydrogens is 146 g/mol. The maximum atomic E-state index is 2.56. The number of hydrogen-bond donors (Lipinski definition) is 0. The highest BCUT2D eigenvalue weighted by Crippen LogP contribution is 2.25. The maximum absolute atomic E-state index is 2.56. The monoisotopic (exact) mass is 163 g/mol. The van der Waals surface area contributed by atoms with Crippen LogP contribution in [0.25, 0.3) is 0 Å². The standard InChI is InChI=1S/C11H17N/c1-3-10-7-11-6-9(2)4-5-12(11)8-10/h6-7,11H,3-5,8H2,1-2H3. The number of nitrogens with zero attached hydrogens (tertiary/aromatic N) is 1. The molecule has 0 aromatic heterocycles.